The molecular weight excluding hydrogens is 394 g/mol. The molecular formula is C23H25N5OS. The van der Waals surface area contributed by atoms with E-state index < -0.39 is 0 Å². The topological polar surface area (TPSA) is 64.9 Å². The number of nitrogens with zero attached hydrogens (tertiary/aromatic N) is 4. The molecule has 0 amide bonds. The first-order chi connectivity index (χ1) is 14.7. The number of ether oxygens (including phenoxy) is 1. The molecule has 2 aromatic carbocycles. The molecule has 2 aromatic heterocycles. The molecule has 0 aliphatic heterocycles. The van der Waals surface area contributed by atoms with Crippen molar-refractivity contribution in [2.45, 2.75) is 31.6 Å². The first kappa shape index (κ1) is 20.2. The molecule has 0 radical (unpaired) electrons. The molecule has 2 heterocycles. The highest BCUT2D eigenvalue weighted by Crippen LogP contribution is 2.25. The molecule has 4 aromatic rings. The standard InChI is InChI=1S/C23H25N5OS/c1-16-7-4-5-9-18(16)14-24-21-20-15-25-28(22(20)27-23(26-21)30-3)12-11-17-8-6-10-19(13-17)29-2/h4-10,13,15H,11-12,14H2,1-3H3,(H,24,26,27). The van der Waals surface area contributed by atoms with Crippen LogP contribution in [0.25, 0.3) is 11.0 Å². The van der Waals surface area contributed by atoms with Crippen LogP contribution in [-0.2, 0) is 19.5 Å². The maximum atomic E-state index is 5.33. The van der Waals surface area contributed by atoms with Gasteiger partial charge in [-0.15, -0.1) is 0 Å². The number of methoxy groups -OCH3 is 1. The fraction of sp³-hybridized carbons (Fsp3) is 0.261. The molecule has 0 unspecified atom stereocenters. The van der Waals surface area contributed by atoms with Gasteiger partial charge >= 0.3 is 0 Å². The van der Waals surface area contributed by atoms with Gasteiger partial charge in [0.05, 0.1) is 18.7 Å². The molecule has 0 atom stereocenters. The summed E-state index contributed by atoms with van der Waals surface area (Å²) >= 11 is 1.53. The quantitative estimate of drug-likeness (QED) is 0.329. The van der Waals surface area contributed by atoms with Gasteiger partial charge in [0.1, 0.15) is 11.6 Å². The Labute approximate surface area is 180 Å². The second-order valence-electron chi connectivity index (χ2n) is 7.05. The van der Waals surface area contributed by atoms with Crippen molar-refractivity contribution in [1.82, 2.24) is 19.7 Å². The van der Waals surface area contributed by atoms with Gasteiger partial charge in [0, 0.05) is 13.1 Å². The number of rotatable bonds is 8. The van der Waals surface area contributed by atoms with Crippen LogP contribution in [0.2, 0.25) is 0 Å². The maximum Gasteiger partial charge on any atom is 0.191 e. The molecule has 1 N–H and O–H groups in total. The van der Waals surface area contributed by atoms with Gasteiger partial charge in [-0.1, -0.05) is 48.2 Å². The molecule has 0 fully saturated rings. The Morgan fingerprint density at radius 2 is 1.97 bits per heavy atom. The molecule has 154 valence electrons. The van der Waals surface area contributed by atoms with E-state index in [0.29, 0.717) is 6.54 Å². The summed E-state index contributed by atoms with van der Waals surface area (Å²) in [7, 11) is 1.69. The van der Waals surface area contributed by atoms with Crippen molar-refractivity contribution >= 4 is 28.6 Å². The first-order valence-corrected chi connectivity index (χ1v) is 11.1. The summed E-state index contributed by atoms with van der Waals surface area (Å²) in [5, 5.41) is 9.75. The molecule has 0 saturated heterocycles. The Hall–Kier alpha value is -3.06. The second-order valence-corrected chi connectivity index (χ2v) is 7.82. The number of hydrogen-bond donors (Lipinski definition) is 1. The third-order valence-electron chi connectivity index (χ3n) is 5.11. The van der Waals surface area contributed by atoms with Gasteiger partial charge in [-0.3, -0.25) is 0 Å². The molecule has 30 heavy (non-hydrogen) atoms. The number of aryl methyl sites for hydroxylation is 3. The molecule has 0 bridgehead atoms. The summed E-state index contributed by atoms with van der Waals surface area (Å²) < 4.78 is 7.28. The minimum absolute atomic E-state index is 0.710. The third-order valence-corrected chi connectivity index (χ3v) is 5.66. The number of nitrogens with one attached hydrogen (secondary N) is 1. The highest BCUT2D eigenvalue weighted by molar-refractivity contribution is 7.98. The van der Waals surface area contributed by atoms with Crippen molar-refractivity contribution in [2.75, 3.05) is 18.7 Å². The van der Waals surface area contributed by atoms with Gasteiger partial charge in [-0.05, 0) is 48.4 Å². The Kier molecular flexibility index (Phi) is 6.18. The van der Waals surface area contributed by atoms with Crippen LogP contribution in [0.15, 0.2) is 59.9 Å². The molecule has 6 nitrogen and oxygen atoms in total. The van der Waals surface area contributed by atoms with Gasteiger partial charge < -0.3 is 10.1 Å². The summed E-state index contributed by atoms with van der Waals surface area (Å²) in [5.74, 6) is 1.69. The number of thioether (sulfide) groups is 1. The lowest BCUT2D eigenvalue weighted by Crippen LogP contribution is -2.07. The zero-order valence-corrected chi connectivity index (χ0v) is 18.2. The van der Waals surface area contributed by atoms with E-state index in [-0.39, 0.29) is 0 Å². The van der Waals surface area contributed by atoms with Gasteiger partial charge in [0.2, 0.25) is 0 Å². The van der Waals surface area contributed by atoms with Crippen molar-refractivity contribution in [3.8, 4) is 5.75 Å². The maximum absolute atomic E-state index is 5.33. The zero-order chi connectivity index (χ0) is 20.9. The average molecular weight is 420 g/mol. The lowest BCUT2D eigenvalue weighted by atomic mass is 10.1. The zero-order valence-electron chi connectivity index (χ0n) is 17.4. The van der Waals surface area contributed by atoms with Crippen molar-refractivity contribution in [2.24, 2.45) is 0 Å². The lowest BCUT2D eigenvalue weighted by molar-refractivity contribution is 0.414. The summed E-state index contributed by atoms with van der Waals surface area (Å²) in [5.41, 5.74) is 4.56. The summed E-state index contributed by atoms with van der Waals surface area (Å²) in [6, 6.07) is 16.5. The van der Waals surface area contributed by atoms with E-state index in [1.165, 1.54) is 28.5 Å². The van der Waals surface area contributed by atoms with E-state index in [9.17, 15) is 0 Å². The van der Waals surface area contributed by atoms with E-state index in [2.05, 4.69) is 58.7 Å². The smallest absolute Gasteiger partial charge is 0.191 e. The van der Waals surface area contributed by atoms with Crippen LogP contribution >= 0.6 is 11.8 Å². The second kappa shape index (κ2) is 9.17. The van der Waals surface area contributed by atoms with Crippen LogP contribution < -0.4 is 10.1 Å². The highest BCUT2D eigenvalue weighted by atomic mass is 32.2. The molecule has 0 aliphatic carbocycles. The SMILES string of the molecule is COc1cccc(CCn2ncc3c(NCc4ccccc4C)nc(SC)nc32)c1. The van der Waals surface area contributed by atoms with E-state index >= 15 is 0 Å². The predicted octanol–water partition coefficient (Wildman–Crippen LogP) is 4.72. The van der Waals surface area contributed by atoms with Crippen LogP contribution in [0.5, 0.6) is 5.75 Å². The van der Waals surface area contributed by atoms with E-state index in [0.717, 1.165) is 40.7 Å². The van der Waals surface area contributed by atoms with Crippen LogP contribution in [0, 0.1) is 6.92 Å². The fourth-order valence-electron chi connectivity index (χ4n) is 3.38. The largest absolute Gasteiger partial charge is 0.497 e. The minimum Gasteiger partial charge on any atom is -0.497 e. The number of aromatic nitrogens is 4. The van der Waals surface area contributed by atoms with Gasteiger partial charge in [-0.25, -0.2) is 14.6 Å². The monoisotopic (exact) mass is 419 g/mol. The Morgan fingerprint density at radius 1 is 1.10 bits per heavy atom. The summed E-state index contributed by atoms with van der Waals surface area (Å²) in [6.45, 7) is 3.57. The molecule has 7 heteroatoms. The van der Waals surface area contributed by atoms with Crippen LogP contribution in [0.3, 0.4) is 0 Å². The van der Waals surface area contributed by atoms with Crippen molar-refractivity contribution in [3.63, 3.8) is 0 Å². The molecule has 4 rings (SSSR count). The lowest BCUT2D eigenvalue weighted by Gasteiger charge is -2.11. The van der Waals surface area contributed by atoms with Crippen LogP contribution in [0.4, 0.5) is 5.82 Å². The third kappa shape index (κ3) is 4.41. The van der Waals surface area contributed by atoms with Gasteiger partial charge in [0.25, 0.3) is 0 Å². The minimum atomic E-state index is 0.710. The van der Waals surface area contributed by atoms with Crippen molar-refractivity contribution < 1.29 is 4.74 Å². The van der Waals surface area contributed by atoms with Gasteiger partial charge in [-0.2, -0.15) is 5.10 Å². The summed E-state index contributed by atoms with van der Waals surface area (Å²) in [4.78, 5) is 9.41. The first-order valence-electron chi connectivity index (χ1n) is 9.87. The average Bonchev–Trinajstić information content (AvgIpc) is 3.20. The Morgan fingerprint density at radius 3 is 2.77 bits per heavy atom. The van der Waals surface area contributed by atoms with Crippen molar-refractivity contribution in [1.29, 1.82) is 0 Å². The molecule has 0 spiro atoms. The molecule has 0 saturated carbocycles. The number of benzene rings is 2. The normalized spacial score (nSPS) is 11.0. The van der Waals surface area contributed by atoms with Crippen LogP contribution in [-0.4, -0.2) is 33.1 Å². The highest BCUT2D eigenvalue weighted by Gasteiger charge is 2.13. The van der Waals surface area contributed by atoms with E-state index in [1.807, 2.05) is 29.3 Å². The van der Waals surface area contributed by atoms with E-state index in [4.69, 9.17) is 9.72 Å². The van der Waals surface area contributed by atoms with Crippen LogP contribution in [0.1, 0.15) is 16.7 Å². The predicted molar refractivity (Wildman–Crippen MR) is 122 cm³/mol. The number of fused-ring (bicyclic) bond motifs is 1. The number of anilines is 1. The van der Waals surface area contributed by atoms with E-state index in [1.54, 1.807) is 7.11 Å². The Bertz CT molecular complexity index is 1160. The fourth-order valence-corrected chi connectivity index (χ4v) is 3.74. The van der Waals surface area contributed by atoms with Gasteiger partial charge in [0.15, 0.2) is 10.8 Å². The number of hydrogen-bond acceptors (Lipinski definition) is 6. The Balaban J connectivity index is 1.58. The molecule has 0 aliphatic rings. The summed E-state index contributed by atoms with van der Waals surface area (Å²) in [6.07, 6.45) is 4.69. The van der Waals surface area contributed by atoms with Crippen molar-refractivity contribution in [3.05, 3.63) is 71.4 Å².